The zero-order valence-electron chi connectivity index (χ0n) is 18.5. The number of carbonyl (C=O) groups is 1. The molecule has 0 fully saturated rings. The van der Waals surface area contributed by atoms with Crippen LogP contribution in [0.1, 0.15) is 129 Å². The third kappa shape index (κ3) is 21.6. The minimum atomic E-state index is -0.664. The van der Waals surface area contributed by atoms with Gasteiger partial charge in [-0.2, -0.15) is 0 Å². The lowest BCUT2D eigenvalue weighted by molar-refractivity contribution is -0.138. The van der Waals surface area contributed by atoms with Crippen LogP contribution in [0.3, 0.4) is 0 Å². The van der Waals surface area contributed by atoms with Gasteiger partial charge in [-0.3, -0.25) is 4.79 Å². The molecular weight excluding hydrogens is 336 g/mol. The molecule has 1 N–H and O–H groups in total. The zero-order valence-corrected chi connectivity index (χ0v) is 18.5. The zero-order chi connectivity index (χ0) is 20.0. The van der Waals surface area contributed by atoms with Crippen LogP contribution in [0.15, 0.2) is 0 Å². The predicted octanol–water partition coefficient (Wildman–Crippen LogP) is 7.77. The quantitative estimate of drug-likeness (QED) is 0.194. The first-order chi connectivity index (χ1) is 13.2. The van der Waals surface area contributed by atoms with Gasteiger partial charge in [-0.15, -0.1) is 0 Å². The summed E-state index contributed by atoms with van der Waals surface area (Å²) in [6.07, 6.45) is 22.2. The standard InChI is InChI=1S/C24H48O3/c1-3-5-7-8-9-10-11-12-13-14-15-16-17-18-23(22-24(25)26)19-21-27-20-6-4-2/h23H,3-22H2,1-2H3,(H,25,26). The van der Waals surface area contributed by atoms with Crippen molar-refractivity contribution < 1.29 is 14.6 Å². The summed E-state index contributed by atoms with van der Waals surface area (Å²) in [6.45, 7) is 5.96. The van der Waals surface area contributed by atoms with Crippen molar-refractivity contribution in [2.24, 2.45) is 5.92 Å². The molecule has 0 aliphatic heterocycles. The topological polar surface area (TPSA) is 46.5 Å². The molecule has 27 heavy (non-hydrogen) atoms. The Morgan fingerprint density at radius 3 is 1.63 bits per heavy atom. The minimum Gasteiger partial charge on any atom is -0.481 e. The van der Waals surface area contributed by atoms with Crippen LogP contribution in [0.4, 0.5) is 0 Å². The molecule has 0 saturated carbocycles. The number of rotatable bonds is 22. The third-order valence-corrected chi connectivity index (χ3v) is 5.49. The highest BCUT2D eigenvalue weighted by Crippen LogP contribution is 2.19. The van der Waals surface area contributed by atoms with Crippen LogP contribution in [0.25, 0.3) is 0 Å². The lowest BCUT2D eigenvalue weighted by Crippen LogP contribution is -2.11. The van der Waals surface area contributed by atoms with Crippen LogP contribution < -0.4 is 0 Å². The van der Waals surface area contributed by atoms with Gasteiger partial charge < -0.3 is 9.84 Å². The highest BCUT2D eigenvalue weighted by molar-refractivity contribution is 5.66. The first kappa shape index (κ1) is 26.4. The van der Waals surface area contributed by atoms with Crippen molar-refractivity contribution in [3.63, 3.8) is 0 Å². The molecule has 0 aromatic rings. The molecule has 0 aromatic carbocycles. The predicted molar refractivity (Wildman–Crippen MR) is 116 cm³/mol. The van der Waals surface area contributed by atoms with Crippen LogP contribution in [-0.2, 0) is 9.53 Å². The fraction of sp³-hybridized carbons (Fsp3) is 0.958. The maximum Gasteiger partial charge on any atom is 0.303 e. The van der Waals surface area contributed by atoms with Gasteiger partial charge in [0.1, 0.15) is 0 Å². The van der Waals surface area contributed by atoms with Gasteiger partial charge in [0, 0.05) is 19.6 Å². The molecule has 3 nitrogen and oxygen atoms in total. The molecular formula is C24H48O3. The van der Waals surface area contributed by atoms with E-state index in [2.05, 4.69) is 13.8 Å². The second-order valence-corrected chi connectivity index (χ2v) is 8.25. The van der Waals surface area contributed by atoms with Gasteiger partial charge in [-0.25, -0.2) is 0 Å². The van der Waals surface area contributed by atoms with E-state index in [1.807, 2.05) is 0 Å². The van der Waals surface area contributed by atoms with Gasteiger partial charge >= 0.3 is 5.97 Å². The maximum absolute atomic E-state index is 11.0. The molecule has 0 amide bonds. The van der Waals surface area contributed by atoms with E-state index in [1.54, 1.807) is 0 Å². The first-order valence-corrected chi connectivity index (χ1v) is 12.0. The molecule has 0 aliphatic rings. The molecule has 0 bridgehead atoms. The van der Waals surface area contributed by atoms with Crippen LogP contribution in [0.2, 0.25) is 0 Å². The summed E-state index contributed by atoms with van der Waals surface area (Å²) >= 11 is 0. The van der Waals surface area contributed by atoms with Crippen molar-refractivity contribution in [3.05, 3.63) is 0 Å². The Bertz CT molecular complexity index is 304. The third-order valence-electron chi connectivity index (χ3n) is 5.49. The number of carboxylic acids is 1. The molecule has 162 valence electrons. The van der Waals surface area contributed by atoms with Gasteiger partial charge in [-0.05, 0) is 25.2 Å². The highest BCUT2D eigenvalue weighted by atomic mass is 16.5. The van der Waals surface area contributed by atoms with E-state index >= 15 is 0 Å². The smallest absolute Gasteiger partial charge is 0.303 e. The second-order valence-electron chi connectivity index (χ2n) is 8.25. The van der Waals surface area contributed by atoms with Crippen molar-refractivity contribution in [2.75, 3.05) is 13.2 Å². The van der Waals surface area contributed by atoms with E-state index in [0.29, 0.717) is 6.42 Å². The Kier molecular flexibility index (Phi) is 21.3. The summed E-state index contributed by atoms with van der Waals surface area (Å²) in [5.41, 5.74) is 0. The highest BCUT2D eigenvalue weighted by Gasteiger charge is 2.13. The monoisotopic (exact) mass is 384 g/mol. The van der Waals surface area contributed by atoms with Crippen LogP contribution in [0.5, 0.6) is 0 Å². The average Bonchev–Trinajstić information content (AvgIpc) is 2.64. The van der Waals surface area contributed by atoms with Gasteiger partial charge in [-0.1, -0.05) is 104 Å². The van der Waals surface area contributed by atoms with Crippen molar-refractivity contribution in [1.82, 2.24) is 0 Å². The molecule has 0 heterocycles. The Morgan fingerprint density at radius 1 is 0.667 bits per heavy atom. The molecule has 1 atom stereocenters. The van der Waals surface area contributed by atoms with E-state index in [0.717, 1.165) is 38.9 Å². The van der Waals surface area contributed by atoms with Crippen molar-refractivity contribution in [3.8, 4) is 0 Å². The summed E-state index contributed by atoms with van der Waals surface area (Å²) in [5.74, 6) is -0.375. The van der Waals surface area contributed by atoms with Gasteiger partial charge in [0.15, 0.2) is 0 Å². The van der Waals surface area contributed by atoms with E-state index < -0.39 is 5.97 Å². The van der Waals surface area contributed by atoms with E-state index in [9.17, 15) is 4.79 Å². The van der Waals surface area contributed by atoms with Gasteiger partial charge in [0.05, 0.1) is 0 Å². The molecule has 0 aliphatic carbocycles. The number of hydrogen-bond acceptors (Lipinski definition) is 2. The molecule has 0 rings (SSSR count). The summed E-state index contributed by atoms with van der Waals surface area (Å²) in [4.78, 5) is 11.0. The summed E-state index contributed by atoms with van der Waals surface area (Å²) < 4.78 is 5.61. The van der Waals surface area contributed by atoms with Crippen LogP contribution >= 0.6 is 0 Å². The van der Waals surface area contributed by atoms with Crippen LogP contribution in [0, 0.1) is 5.92 Å². The Labute approximate surface area is 169 Å². The maximum atomic E-state index is 11.0. The Balaban J connectivity index is 3.47. The number of unbranched alkanes of at least 4 members (excludes halogenated alkanes) is 13. The summed E-state index contributed by atoms with van der Waals surface area (Å²) in [6, 6.07) is 0. The van der Waals surface area contributed by atoms with Crippen molar-refractivity contribution >= 4 is 5.97 Å². The minimum absolute atomic E-state index is 0.289. The van der Waals surface area contributed by atoms with E-state index in [4.69, 9.17) is 9.84 Å². The normalized spacial score (nSPS) is 12.4. The van der Waals surface area contributed by atoms with E-state index in [1.165, 1.54) is 83.5 Å². The van der Waals surface area contributed by atoms with Gasteiger partial charge in [0.2, 0.25) is 0 Å². The Morgan fingerprint density at radius 2 is 1.15 bits per heavy atom. The fourth-order valence-corrected chi connectivity index (χ4v) is 3.64. The van der Waals surface area contributed by atoms with Crippen LogP contribution in [-0.4, -0.2) is 24.3 Å². The van der Waals surface area contributed by atoms with Crippen molar-refractivity contribution in [1.29, 1.82) is 0 Å². The lowest BCUT2D eigenvalue weighted by atomic mass is 9.94. The Hall–Kier alpha value is -0.570. The average molecular weight is 385 g/mol. The second kappa shape index (κ2) is 21.7. The number of ether oxygens (including phenoxy) is 1. The molecule has 0 spiro atoms. The molecule has 3 heteroatoms. The van der Waals surface area contributed by atoms with E-state index in [-0.39, 0.29) is 5.92 Å². The fourth-order valence-electron chi connectivity index (χ4n) is 3.64. The first-order valence-electron chi connectivity index (χ1n) is 12.0. The molecule has 1 unspecified atom stereocenters. The summed E-state index contributed by atoms with van der Waals surface area (Å²) in [5, 5.41) is 9.09. The molecule has 0 aromatic heterocycles. The number of hydrogen-bond donors (Lipinski definition) is 1. The SMILES string of the molecule is CCCCCCCCCCCCCCCC(CCOCCCC)CC(=O)O. The molecule has 0 saturated heterocycles. The molecule has 0 radical (unpaired) electrons. The van der Waals surface area contributed by atoms with Crippen molar-refractivity contribution in [2.45, 2.75) is 129 Å². The lowest BCUT2D eigenvalue weighted by Gasteiger charge is -2.15. The summed E-state index contributed by atoms with van der Waals surface area (Å²) in [7, 11) is 0. The number of carboxylic acid groups (broad SMARTS) is 1. The number of aliphatic carboxylic acids is 1. The van der Waals surface area contributed by atoms with Gasteiger partial charge in [0.25, 0.3) is 0 Å². The largest absolute Gasteiger partial charge is 0.481 e.